The zero-order chi connectivity index (χ0) is 21.7. The van der Waals surface area contributed by atoms with E-state index < -0.39 is 12.1 Å². The van der Waals surface area contributed by atoms with Crippen molar-refractivity contribution in [2.75, 3.05) is 0 Å². The first kappa shape index (κ1) is 20.8. The Kier molecular flexibility index (Phi) is 5.11. The van der Waals surface area contributed by atoms with Gasteiger partial charge in [-0.2, -0.15) is 18.3 Å². The number of nitrogens with zero attached hydrogens (tertiary/aromatic N) is 5. The highest BCUT2D eigenvalue weighted by molar-refractivity contribution is 5.73. The van der Waals surface area contributed by atoms with Gasteiger partial charge in [0.05, 0.1) is 24.1 Å². The predicted molar refractivity (Wildman–Crippen MR) is 100 cm³/mol. The van der Waals surface area contributed by atoms with Gasteiger partial charge in [0.1, 0.15) is 5.69 Å². The Balaban J connectivity index is 0.000000272. The lowest BCUT2D eigenvalue weighted by Gasteiger charge is -2.30. The maximum Gasteiger partial charge on any atom is 0.490 e. The molecule has 0 aliphatic heterocycles. The number of hydrogen-bond acceptors (Lipinski definition) is 5. The summed E-state index contributed by atoms with van der Waals surface area (Å²) in [4.78, 5) is 8.90. The van der Waals surface area contributed by atoms with Gasteiger partial charge in [0, 0.05) is 24.1 Å². The van der Waals surface area contributed by atoms with Crippen LogP contribution in [0.15, 0.2) is 12.4 Å². The van der Waals surface area contributed by atoms with E-state index in [-0.39, 0.29) is 5.54 Å². The third-order valence-electron chi connectivity index (χ3n) is 6.73. The van der Waals surface area contributed by atoms with Crippen molar-refractivity contribution < 1.29 is 23.1 Å². The molecule has 0 aromatic carbocycles. The first-order valence-electron chi connectivity index (χ1n) is 10.1. The van der Waals surface area contributed by atoms with Crippen LogP contribution in [-0.4, -0.2) is 47.6 Å². The van der Waals surface area contributed by atoms with Gasteiger partial charge in [0.15, 0.2) is 0 Å². The van der Waals surface area contributed by atoms with Crippen molar-refractivity contribution in [2.24, 2.45) is 18.7 Å². The largest absolute Gasteiger partial charge is 0.490 e. The molecule has 3 fully saturated rings. The summed E-state index contributed by atoms with van der Waals surface area (Å²) >= 11 is 0. The molecule has 0 radical (unpaired) electrons. The summed E-state index contributed by atoms with van der Waals surface area (Å²) < 4.78 is 35.8. The van der Waals surface area contributed by atoms with Crippen molar-refractivity contribution >= 4 is 5.97 Å². The van der Waals surface area contributed by atoms with Crippen LogP contribution in [0.3, 0.4) is 0 Å². The highest BCUT2D eigenvalue weighted by Crippen LogP contribution is 2.52. The van der Waals surface area contributed by atoms with Crippen molar-refractivity contribution in [3.8, 4) is 11.3 Å². The van der Waals surface area contributed by atoms with Crippen LogP contribution in [0.5, 0.6) is 0 Å². The second kappa shape index (κ2) is 7.36. The van der Waals surface area contributed by atoms with Crippen molar-refractivity contribution in [2.45, 2.75) is 68.6 Å². The molecule has 3 aliphatic carbocycles. The van der Waals surface area contributed by atoms with Crippen molar-refractivity contribution in [3.05, 3.63) is 18.1 Å². The van der Waals surface area contributed by atoms with Gasteiger partial charge >= 0.3 is 12.1 Å². The number of aliphatic carboxylic acids is 1. The standard InChI is InChI=1S/C17H24N6.C2HF3O2/c1-22-16(12-3-2-4-12)13(9-19-22)14-10-23(21-20-14)15-7-11-5-6-17(15,18)8-11;3-2(4,5)1(6)7/h9-12,15H,2-8,18H2,1H3;(H,6,7). The lowest BCUT2D eigenvalue weighted by molar-refractivity contribution is -0.192. The Morgan fingerprint density at radius 1 is 1.33 bits per heavy atom. The summed E-state index contributed by atoms with van der Waals surface area (Å²) in [7, 11) is 2.03. The summed E-state index contributed by atoms with van der Waals surface area (Å²) in [5.74, 6) is -1.35. The quantitative estimate of drug-likeness (QED) is 0.780. The number of carboxylic acid groups (broad SMARTS) is 1. The Hall–Kier alpha value is -2.43. The molecule has 2 aromatic rings. The molecule has 3 unspecified atom stereocenters. The van der Waals surface area contributed by atoms with Crippen LogP contribution in [-0.2, 0) is 11.8 Å². The second-order valence-electron chi connectivity index (χ2n) is 8.68. The fraction of sp³-hybridized carbons (Fsp3) is 0.684. The van der Waals surface area contributed by atoms with E-state index in [0.29, 0.717) is 12.0 Å². The molecule has 3 N–H and O–H groups in total. The topological polar surface area (TPSA) is 112 Å². The molecule has 3 saturated carbocycles. The SMILES string of the molecule is Cn1ncc(-c2cn(C3CC4CCC3(N)C4)nn2)c1C1CCC1.O=C(O)C(F)(F)F. The molecule has 0 saturated heterocycles. The average Bonchev–Trinajstić information content (AvgIpc) is 3.36. The molecular weight excluding hydrogens is 401 g/mol. The van der Waals surface area contributed by atoms with E-state index in [1.807, 2.05) is 22.6 Å². The van der Waals surface area contributed by atoms with Crippen LogP contribution in [0.4, 0.5) is 13.2 Å². The van der Waals surface area contributed by atoms with Gasteiger partial charge in [-0.3, -0.25) is 4.68 Å². The summed E-state index contributed by atoms with van der Waals surface area (Å²) in [5, 5.41) is 20.5. The summed E-state index contributed by atoms with van der Waals surface area (Å²) in [6.07, 6.45) is 7.50. The molecule has 3 aliphatic rings. The fourth-order valence-electron chi connectivity index (χ4n) is 5.00. The maximum absolute atomic E-state index is 10.6. The van der Waals surface area contributed by atoms with E-state index in [0.717, 1.165) is 36.4 Å². The number of rotatable bonds is 3. The molecule has 0 amide bonds. The number of fused-ring (bicyclic) bond motifs is 2. The number of nitrogens with two attached hydrogens (primary N) is 1. The lowest BCUT2D eigenvalue weighted by Crippen LogP contribution is -2.43. The number of hydrogen-bond donors (Lipinski definition) is 2. The molecular formula is C19H25F3N6O2. The van der Waals surface area contributed by atoms with Crippen molar-refractivity contribution in [1.29, 1.82) is 0 Å². The first-order valence-corrected chi connectivity index (χ1v) is 10.1. The molecule has 2 bridgehead atoms. The number of aromatic nitrogens is 5. The van der Waals surface area contributed by atoms with Gasteiger partial charge in [-0.25, -0.2) is 9.48 Å². The van der Waals surface area contributed by atoms with Crippen molar-refractivity contribution in [3.63, 3.8) is 0 Å². The monoisotopic (exact) mass is 426 g/mol. The van der Waals surface area contributed by atoms with Crippen LogP contribution in [0.1, 0.15) is 62.6 Å². The second-order valence-corrected chi connectivity index (χ2v) is 8.68. The predicted octanol–water partition coefficient (Wildman–Crippen LogP) is 3.02. The van der Waals surface area contributed by atoms with Gasteiger partial charge in [-0.1, -0.05) is 11.6 Å². The minimum atomic E-state index is -5.08. The van der Waals surface area contributed by atoms with Gasteiger partial charge in [0.25, 0.3) is 0 Å². The summed E-state index contributed by atoms with van der Waals surface area (Å²) in [5.41, 5.74) is 9.98. The third kappa shape index (κ3) is 3.70. The highest BCUT2D eigenvalue weighted by atomic mass is 19.4. The summed E-state index contributed by atoms with van der Waals surface area (Å²) in [6.45, 7) is 0. The molecule has 5 rings (SSSR count). The van der Waals surface area contributed by atoms with E-state index >= 15 is 0 Å². The van der Waals surface area contributed by atoms with Gasteiger partial charge in [0.2, 0.25) is 0 Å². The maximum atomic E-state index is 10.6. The number of aryl methyl sites for hydroxylation is 1. The number of carbonyl (C=O) groups is 1. The van der Waals surface area contributed by atoms with Crippen molar-refractivity contribution in [1.82, 2.24) is 24.8 Å². The van der Waals surface area contributed by atoms with Gasteiger partial charge in [-0.15, -0.1) is 5.10 Å². The molecule has 164 valence electrons. The fourth-order valence-corrected chi connectivity index (χ4v) is 5.00. The van der Waals surface area contributed by atoms with Crippen LogP contribution >= 0.6 is 0 Å². The Morgan fingerprint density at radius 2 is 2.03 bits per heavy atom. The zero-order valence-corrected chi connectivity index (χ0v) is 16.6. The van der Waals surface area contributed by atoms with Gasteiger partial charge in [-0.05, 0) is 44.4 Å². The molecule has 2 heterocycles. The normalized spacial score (nSPS) is 28.2. The number of carboxylic acids is 1. The zero-order valence-electron chi connectivity index (χ0n) is 16.6. The van der Waals surface area contributed by atoms with Crippen LogP contribution in [0, 0.1) is 5.92 Å². The van der Waals surface area contributed by atoms with E-state index in [1.165, 1.54) is 31.4 Å². The molecule has 2 aromatic heterocycles. The number of alkyl halides is 3. The van der Waals surface area contributed by atoms with E-state index in [1.54, 1.807) is 0 Å². The Morgan fingerprint density at radius 3 is 2.53 bits per heavy atom. The highest BCUT2D eigenvalue weighted by Gasteiger charge is 2.51. The van der Waals surface area contributed by atoms with E-state index in [4.69, 9.17) is 15.6 Å². The minimum absolute atomic E-state index is 0.0681. The van der Waals surface area contributed by atoms with E-state index in [9.17, 15) is 13.2 Å². The lowest BCUT2D eigenvalue weighted by atomic mass is 9.81. The smallest absolute Gasteiger partial charge is 0.475 e. The van der Waals surface area contributed by atoms with Crippen LogP contribution in [0.2, 0.25) is 0 Å². The molecule has 3 atom stereocenters. The van der Waals surface area contributed by atoms with E-state index in [2.05, 4.69) is 21.6 Å². The minimum Gasteiger partial charge on any atom is -0.475 e. The molecule has 8 nitrogen and oxygen atoms in total. The third-order valence-corrected chi connectivity index (χ3v) is 6.73. The first-order chi connectivity index (χ1) is 14.1. The molecule has 30 heavy (non-hydrogen) atoms. The molecule has 11 heteroatoms. The molecule has 0 spiro atoms. The van der Waals surface area contributed by atoms with Crippen LogP contribution in [0.25, 0.3) is 11.3 Å². The number of halogens is 3. The summed E-state index contributed by atoms with van der Waals surface area (Å²) in [6, 6.07) is 0.311. The Bertz CT molecular complexity index is 935. The van der Waals surface area contributed by atoms with Gasteiger partial charge < -0.3 is 10.8 Å². The average molecular weight is 426 g/mol. The Labute approximate surface area is 171 Å². The van der Waals surface area contributed by atoms with Crippen LogP contribution < -0.4 is 5.73 Å².